The largest absolute Gasteiger partial charge is 0.307 e. The van der Waals surface area contributed by atoms with Crippen molar-refractivity contribution in [3.8, 4) is 0 Å². The second-order valence-corrected chi connectivity index (χ2v) is 6.72. The Morgan fingerprint density at radius 3 is 3.10 bits per heavy atom. The van der Waals surface area contributed by atoms with Crippen LogP contribution in [0.2, 0.25) is 5.02 Å². The summed E-state index contributed by atoms with van der Waals surface area (Å²) in [6.07, 6.45) is 2.93. The lowest BCUT2D eigenvalue weighted by Crippen LogP contribution is -2.34. The van der Waals surface area contributed by atoms with Crippen LogP contribution in [0, 0.1) is 5.82 Å². The van der Waals surface area contributed by atoms with Crippen LogP contribution < -0.4 is 5.32 Å². The minimum absolute atomic E-state index is 0.171. The summed E-state index contributed by atoms with van der Waals surface area (Å²) in [5.74, 6) is -0.351. The number of nitrogens with zero attached hydrogens (tertiary/aromatic N) is 2. The Kier molecular flexibility index (Phi) is 4.54. The Morgan fingerprint density at radius 1 is 1.52 bits per heavy atom. The Labute approximate surface area is 132 Å². The van der Waals surface area contributed by atoms with Crippen molar-refractivity contribution in [2.45, 2.75) is 25.0 Å². The van der Waals surface area contributed by atoms with Crippen LogP contribution >= 0.6 is 22.9 Å². The molecule has 0 amide bonds. The molecular weight excluding hydrogens is 309 g/mol. The monoisotopic (exact) mass is 325 g/mol. The zero-order valence-corrected chi connectivity index (χ0v) is 13.3. The molecule has 1 N–H and O–H groups in total. The summed E-state index contributed by atoms with van der Waals surface area (Å²) in [6, 6.07) is 5.58. The third-order valence-corrected chi connectivity index (χ3v) is 5.04. The van der Waals surface area contributed by atoms with Crippen LogP contribution in [0.3, 0.4) is 0 Å². The first-order valence-electron chi connectivity index (χ1n) is 6.91. The third-order valence-electron chi connectivity index (χ3n) is 3.96. The number of halogens is 2. The summed E-state index contributed by atoms with van der Waals surface area (Å²) in [4.78, 5) is 7.56. The molecule has 112 valence electrons. The molecule has 0 saturated carbocycles. The number of likely N-dealkylation sites (N-methyl/N-ethyl adjacent to an activating group) is 1. The van der Waals surface area contributed by atoms with Crippen LogP contribution in [-0.2, 0) is 6.54 Å². The van der Waals surface area contributed by atoms with Gasteiger partial charge in [0.15, 0.2) is 0 Å². The molecule has 1 saturated heterocycles. The van der Waals surface area contributed by atoms with E-state index in [1.54, 1.807) is 23.5 Å². The maximum atomic E-state index is 13.7. The van der Waals surface area contributed by atoms with E-state index >= 15 is 0 Å². The molecule has 0 spiro atoms. The SMILES string of the molecule is CN1CCC(NCc2cncs2)C1c1ccc(Cl)c(F)c1. The quantitative estimate of drug-likeness (QED) is 0.933. The number of aromatic nitrogens is 1. The Morgan fingerprint density at radius 2 is 2.38 bits per heavy atom. The van der Waals surface area contributed by atoms with Crippen molar-refractivity contribution in [3.63, 3.8) is 0 Å². The van der Waals surface area contributed by atoms with Gasteiger partial charge in [-0.2, -0.15) is 0 Å². The molecule has 0 radical (unpaired) electrons. The van der Waals surface area contributed by atoms with Crippen molar-refractivity contribution in [3.05, 3.63) is 51.2 Å². The number of likely N-dealkylation sites (tertiary alicyclic amines) is 1. The zero-order valence-electron chi connectivity index (χ0n) is 11.7. The van der Waals surface area contributed by atoms with E-state index in [1.807, 2.05) is 17.8 Å². The fourth-order valence-corrected chi connectivity index (χ4v) is 3.57. The molecule has 3 nitrogen and oxygen atoms in total. The molecule has 0 aliphatic carbocycles. The molecule has 1 aliphatic rings. The lowest BCUT2D eigenvalue weighted by Gasteiger charge is -2.26. The fourth-order valence-electron chi connectivity index (χ4n) is 2.90. The smallest absolute Gasteiger partial charge is 0.142 e. The number of hydrogen-bond acceptors (Lipinski definition) is 4. The van der Waals surface area contributed by atoms with Gasteiger partial charge in [-0.15, -0.1) is 11.3 Å². The summed E-state index contributed by atoms with van der Waals surface area (Å²) in [6.45, 7) is 1.80. The van der Waals surface area contributed by atoms with E-state index < -0.39 is 0 Å². The zero-order chi connectivity index (χ0) is 14.8. The van der Waals surface area contributed by atoms with Crippen LogP contribution in [0.1, 0.15) is 22.9 Å². The van der Waals surface area contributed by atoms with E-state index in [2.05, 4.69) is 22.2 Å². The lowest BCUT2D eigenvalue weighted by molar-refractivity contribution is 0.285. The molecule has 0 bridgehead atoms. The number of rotatable bonds is 4. The van der Waals surface area contributed by atoms with E-state index in [9.17, 15) is 4.39 Å². The fraction of sp³-hybridized carbons (Fsp3) is 0.400. The van der Waals surface area contributed by atoms with E-state index in [4.69, 9.17) is 11.6 Å². The number of thiazole rings is 1. The highest BCUT2D eigenvalue weighted by molar-refractivity contribution is 7.09. The summed E-state index contributed by atoms with van der Waals surface area (Å²) in [5, 5.41) is 3.74. The van der Waals surface area contributed by atoms with Crippen molar-refractivity contribution in [2.75, 3.05) is 13.6 Å². The minimum atomic E-state index is -0.351. The summed E-state index contributed by atoms with van der Waals surface area (Å²) in [7, 11) is 2.07. The van der Waals surface area contributed by atoms with Crippen LogP contribution in [0.15, 0.2) is 29.9 Å². The van der Waals surface area contributed by atoms with E-state index in [0.717, 1.165) is 25.1 Å². The van der Waals surface area contributed by atoms with Crippen molar-refractivity contribution in [1.29, 1.82) is 0 Å². The Hall–Kier alpha value is -1.01. The molecule has 1 fully saturated rings. The molecule has 3 rings (SSSR count). The van der Waals surface area contributed by atoms with Crippen molar-refractivity contribution in [2.24, 2.45) is 0 Å². The molecule has 21 heavy (non-hydrogen) atoms. The van der Waals surface area contributed by atoms with Gasteiger partial charge in [-0.05, 0) is 31.2 Å². The van der Waals surface area contributed by atoms with Crippen molar-refractivity contribution >= 4 is 22.9 Å². The van der Waals surface area contributed by atoms with Gasteiger partial charge in [-0.1, -0.05) is 17.7 Å². The topological polar surface area (TPSA) is 28.2 Å². The molecule has 1 aromatic heterocycles. The van der Waals surface area contributed by atoms with Crippen LogP contribution in [-0.4, -0.2) is 29.5 Å². The molecule has 2 atom stereocenters. The first-order valence-corrected chi connectivity index (χ1v) is 8.17. The molecule has 2 aromatic rings. The van der Waals surface area contributed by atoms with E-state index in [-0.39, 0.29) is 16.9 Å². The Bertz CT molecular complexity index is 605. The van der Waals surface area contributed by atoms with Crippen LogP contribution in [0.4, 0.5) is 4.39 Å². The minimum Gasteiger partial charge on any atom is -0.307 e. The van der Waals surface area contributed by atoms with Crippen molar-refractivity contribution in [1.82, 2.24) is 15.2 Å². The average molecular weight is 326 g/mol. The highest BCUT2D eigenvalue weighted by Crippen LogP contribution is 2.32. The van der Waals surface area contributed by atoms with Gasteiger partial charge < -0.3 is 5.32 Å². The first-order chi connectivity index (χ1) is 10.1. The van der Waals surface area contributed by atoms with Gasteiger partial charge in [0.2, 0.25) is 0 Å². The normalized spacial score (nSPS) is 22.8. The molecule has 2 unspecified atom stereocenters. The van der Waals surface area contributed by atoms with Gasteiger partial charge in [0.25, 0.3) is 0 Å². The first kappa shape index (κ1) is 14.9. The summed E-state index contributed by atoms with van der Waals surface area (Å²) >= 11 is 7.42. The van der Waals surface area contributed by atoms with Gasteiger partial charge in [-0.25, -0.2) is 4.39 Å². The summed E-state index contributed by atoms with van der Waals surface area (Å²) < 4.78 is 13.7. The maximum Gasteiger partial charge on any atom is 0.142 e. The average Bonchev–Trinajstić information content (AvgIpc) is 3.09. The lowest BCUT2D eigenvalue weighted by atomic mass is 10.00. The van der Waals surface area contributed by atoms with Gasteiger partial charge in [0, 0.05) is 36.2 Å². The van der Waals surface area contributed by atoms with Crippen LogP contribution in [0.5, 0.6) is 0 Å². The molecular formula is C15H17ClFN3S. The second-order valence-electron chi connectivity index (χ2n) is 5.34. The summed E-state index contributed by atoms with van der Waals surface area (Å²) in [5.41, 5.74) is 2.81. The third kappa shape index (κ3) is 3.26. The van der Waals surface area contributed by atoms with Crippen LogP contribution in [0.25, 0.3) is 0 Å². The van der Waals surface area contributed by atoms with Gasteiger partial charge in [0.1, 0.15) is 5.82 Å². The van der Waals surface area contributed by atoms with Gasteiger partial charge >= 0.3 is 0 Å². The van der Waals surface area contributed by atoms with Gasteiger partial charge in [0.05, 0.1) is 10.5 Å². The number of hydrogen-bond donors (Lipinski definition) is 1. The standard InChI is InChI=1S/C15H17ClFN3S/c1-20-5-4-14(19-8-11-7-18-9-21-11)15(20)10-2-3-12(16)13(17)6-10/h2-3,6-7,9,14-15,19H,4-5,8H2,1H3. The Balaban J connectivity index is 1.75. The number of nitrogens with one attached hydrogen (secondary N) is 1. The molecule has 2 heterocycles. The number of benzene rings is 1. The van der Waals surface area contributed by atoms with Crippen molar-refractivity contribution < 1.29 is 4.39 Å². The van der Waals surface area contributed by atoms with Gasteiger partial charge in [-0.3, -0.25) is 9.88 Å². The predicted octanol–water partition coefficient (Wildman–Crippen LogP) is 3.47. The molecule has 1 aliphatic heterocycles. The predicted molar refractivity (Wildman–Crippen MR) is 84.1 cm³/mol. The van der Waals surface area contributed by atoms with E-state index in [1.165, 1.54) is 4.88 Å². The highest BCUT2D eigenvalue weighted by Gasteiger charge is 2.33. The maximum absolute atomic E-state index is 13.7. The highest BCUT2D eigenvalue weighted by atomic mass is 35.5. The molecule has 6 heteroatoms. The second kappa shape index (κ2) is 6.40. The van der Waals surface area contributed by atoms with E-state index in [0.29, 0.717) is 6.04 Å². The molecule has 1 aromatic carbocycles.